The number of rotatable bonds is 7. The van der Waals surface area contributed by atoms with E-state index in [1.165, 1.54) is 5.56 Å². The molecule has 0 saturated carbocycles. The van der Waals surface area contributed by atoms with Crippen LogP contribution in [0.15, 0.2) is 18.2 Å². The van der Waals surface area contributed by atoms with Crippen LogP contribution in [0.4, 0.5) is 0 Å². The van der Waals surface area contributed by atoms with E-state index in [2.05, 4.69) is 5.32 Å². The van der Waals surface area contributed by atoms with Gasteiger partial charge in [0, 0.05) is 19.8 Å². The number of methoxy groups -OCH3 is 2. The van der Waals surface area contributed by atoms with Gasteiger partial charge in [0.2, 0.25) is 0 Å². The Bertz CT molecular complexity index is 344. The Kier molecular flexibility index (Phi) is 6.34. The maximum absolute atomic E-state index is 6.01. The molecule has 1 N–H and O–H groups in total. The molecule has 1 aromatic carbocycles. The van der Waals surface area contributed by atoms with Crippen LogP contribution in [0, 0.1) is 0 Å². The maximum Gasteiger partial charge on any atom is 0.137 e. The Hall–Kier alpha value is -0.770. The van der Waals surface area contributed by atoms with Gasteiger partial charge in [0.1, 0.15) is 5.75 Å². The Morgan fingerprint density at radius 3 is 2.71 bits per heavy atom. The van der Waals surface area contributed by atoms with Crippen LogP contribution in [0.25, 0.3) is 0 Å². The van der Waals surface area contributed by atoms with Crippen molar-refractivity contribution in [1.29, 1.82) is 0 Å². The minimum absolute atomic E-state index is 0.302. The van der Waals surface area contributed by atoms with Gasteiger partial charge in [0.15, 0.2) is 0 Å². The molecular weight excluding hydrogens is 238 g/mol. The summed E-state index contributed by atoms with van der Waals surface area (Å²) < 4.78 is 10.3. The van der Waals surface area contributed by atoms with E-state index in [0.717, 1.165) is 25.2 Å². The Morgan fingerprint density at radius 2 is 2.12 bits per heavy atom. The summed E-state index contributed by atoms with van der Waals surface area (Å²) in [7, 11) is 5.31. The summed E-state index contributed by atoms with van der Waals surface area (Å²) in [6.45, 7) is 0.781. The molecule has 0 bridgehead atoms. The van der Waals surface area contributed by atoms with Crippen molar-refractivity contribution in [2.75, 3.05) is 27.9 Å². The average molecular weight is 258 g/mol. The van der Waals surface area contributed by atoms with Gasteiger partial charge < -0.3 is 14.8 Å². The molecule has 0 fully saturated rings. The van der Waals surface area contributed by atoms with Crippen LogP contribution in [0.2, 0.25) is 5.02 Å². The van der Waals surface area contributed by atoms with E-state index in [-0.39, 0.29) is 0 Å². The first-order valence-electron chi connectivity index (χ1n) is 5.72. The number of nitrogens with one attached hydrogen (secondary N) is 1. The zero-order chi connectivity index (χ0) is 12.7. The molecule has 0 aliphatic rings. The van der Waals surface area contributed by atoms with Crippen molar-refractivity contribution < 1.29 is 9.47 Å². The van der Waals surface area contributed by atoms with Crippen LogP contribution in [0.3, 0.4) is 0 Å². The molecular formula is C13H20ClNO2. The summed E-state index contributed by atoms with van der Waals surface area (Å²) in [6.07, 6.45) is 2.04. The lowest BCUT2D eigenvalue weighted by Crippen LogP contribution is -2.17. The lowest BCUT2D eigenvalue weighted by Gasteiger charge is -2.17. The van der Waals surface area contributed by atoms with Crippen molar-refractivity contribution in [3.63, 3.8) is 0 Å². The van der Waals surface area contributed by atoms with E-state index in [1.807, 2.05) is 25.2 Å². The van der Waals surface area contributed by atoms with Crippen molar-refractivity contribution >= 4 is 11.6 Å². The lowest BCUT2D eigenvalue weighted by molar-refractivity contribution is 0.189. The molecule has 96 valence electrons. The third-order valence-electron chi connectivity index (χ3n) is 2.77. The van der Waals surface area contributed by atoms with Gasteiger partial charge in [-0.3, -0.25) is 0 Å². The second kappa shape index (κ2) is 7.54. The van der Waals surface area contributed by atoms with E-state index >= 15 is 0 Å². The van der Waals surface area contributed by atoms with Gasteiger partial charge >= 0.3 is 0 Å². The Labute approximate surface area is 108 Å². The summed E-state index contributed by atoms with van der Waals surface area (Å²) in [4.78, 5) is 0. The third kappa shape index (κ3) is 4.19. The van der Waals surface area contributed by atoms with Crippen LogP contribution in [-0.4, -0.2) is 27.9 Å². The van der Waals surface area contributed by atoms with Crippen LogP contribution in [-0.2, 0) is 4.74 Å². The van der Waals surface area contributed by atoms with E-state index < -0.39 is 0 Å². The monoisotopic (exact) mass is 257 g/mol. The third-order valence-corrected chi connectivity index (χ3v) is 3.08. The molecule has 0 spiro atoms. The topological polar surface area (TPSA) is 30.5 Å². The highest BCUT2D eigenvalue weighted by Gasteiger charge is 2.11. The molecule has 0 saturated heterocycles. The van der Waals surface area contributed by atoms with Crippen LogP contribution in [0.5, 0.6) is 5.75 Å². The highest BCUT2D eigenvalue weighted by molar-refractivity contribution is 6.32. The fraction of sp³-hybridized carbons (Fsp3) is 0.538. The summed E-state index contributed by atoms with van der Waals surface area (Å²) >= 11 is 6.01. The van der Waals surface area contributed by atoms with Crippen molar-refractivity contribution in [2.45, 2.75) is 18.9 Å². The number of hydrogen-bond donors (Lipinski definition) is 1. The minimum atomic E-state index is 0.302. The number of ether oxygens (including phenoxy) is 2. The molecule has 1 rings (SSSR count). The smallest absolute Gasteiger partial charge is 0.137 e. The van der Waals surface area contributed by atoms with Crippen molar-refractivity contribution in [3.8, 4) is 5.75 Å². The average Bonchev–Trinajstić information content (AvgIpc) is 2.36. The first-order chi connectivity index (χ1) is 8.22. The van der Waals surface area contributed by atoms with Crippen molar-refractivity contribution in [1.82, 2.24) is 5.32 Å². The van der Waals surface area contributed by atoms with E-state index in [9.17, 15) is 0 Å². The van der Waals surface area contributed by atoms with Crippen molar-refractivity contribution in [3.05, 3.63) is 28.8 Å². The highest BCUT2D eigenvalue weighted by atomic mass is 35.5. The number of halogens is 1. The first kappa shape index (κ1) is 14.3. The standard InChI is InChI=1S/C13H20ClNO2/c1-15-12(5-4-8-16-2)10-6-7-11(14)13(9-10)17-3/h6-7,9,12,15H,4-5,8H2,1-3H3. The molecule has 1 unspecified atom stereocenters. The largest absolute Gasteiger partial charge is 0.495 e. The summed E-state index contributed by atoms with van der Waals surface area (Å²) in [6, 6.07) is 6.18. The maximum atomic E-state index is 6.01. The van der Waals surface area contributed by atoms with Gasteiger partial charge in [-0.15, -0.1) is 0 Å². The molecule has 0 aliphatic carbocycles. The SMILES string of the molecule is CNC(CCCOC)c1ccc(Cl)c(OC)c1. The van der Waals surface area contributed by atoms with E-state index in [0.29, 0.717) is 11.1 Å². The van der Waals surface area contributed by atoms with Gasteiger partial charge in [-0.1, -0.05) is 17.7 Å². The molecule has 0 radical (unpaired) electrons. The van der Waals surface area contributed by atoms with Crippen LogP contribution >= 0.6 is 11.6 Å². The predicted molar refractivity (Wildman–Crippen MR) is 70.9 cm³/mol. The summed E-state index contributed by atoms with van der Waals surface area (Å²) in [5.41, 5.74) is 1.19. The zero-order valence-electron chi connectivity index (χ0n) is 10.6. The molecule has 4 heteroatoms. The number of benzene rings is 1. The molecule has 1 atom stereocenters. The molecule has 0 aromatic heterocycles. The predicted octanol–water partition coefficient (Wildman–Crippen LogP) is 3.04. The zero-order valence-corrected chi connectivity index (χ0v) is 11.4. The molecule has 1 aromatic rings. The van der Waals surface area contributed by atoms with Gasteiger partial charge in [-0.2, -0.15) is 0 Å². The number of hydrogen-bond acceptors (Lipinski definition) is 3. The van der Waals surface area contributed by atoms with Gasteiger partial charge in [0.25, 0.3) is 0 Å². The van der Waals surface area contributed by atoms with Gasteiger partial charge in [0.05, 0.1) is 12.1 Å². The van der Waals surface area contributed by atoms with Crippen LogP contribution in [0.1, 0.15) is 24.4 Å². The fourth-order valence-electron chi connectivity index (χ4n) is 1.80. The van der Waals surface area contributed by atoms with Gasteiger partial charge in [-0.05, 0) is 37.6 Å². The van der Waals surface area contributed by atoms with E-state index in [1.54, 1.807) is 14.2 Å². The second-order valence-corrected chi connectivity index (χ2v) is 4.28. The second-order valence-electron chi connectivity index (χ2n) is 3.87. The minimum Gasteiger partial charge on any atom is -0.495 e. The lowest BCUT2D eigenvalue weighted by atomic mass is 10.0. The van der Waals surface area contributed by atoms with Crippen LogP contribution < -0.4 is 10.1 Å². The molecule has 0 heterocycles. The Balaban J connectivity index is 2.73. The first-order valence-corrected chi connectivity index (χ1v) is 6.10. The molecule has 3 nitrogen and oxygen atoms in total. The quantitative estimate of drug-likeness (QED) is 0.762. The van der Waals surface area contributed by atoms with Crippen molar-refractivity contribution in [2.24, 2.45) is 0 Å². The highest BCUT2D eigenvalue weighted by Crippen LogP contribution is 2.29. The van der Waals surface area contributed by atoms with Gasteiger partial charge in [-0.25, -0.2) is 0 Å². The molecule has 0 aliphatic heterocycles. The molecule has 0 amide bonds. The fourth-order valence-corrected chi connectivity index (χ4v) is 2.00. The summed E-state index contributed by atoms with van der Waals surface area (Å²) in [5.74, 6) is 0.719. The Morgan fingerprint density at radius 1 is 1.35 bits per heavy atom. The summed E-state index contributed by atoms with van der Waals surface area (Å²) in [5, 5.41) is 3.94. The van der Waals surface area contributed by atoms with E-state index in [4.69, 9.17) is 21.1 Å². The normalized spacial score (nSPS) is 12.5. The molecule has 17 heavy (non-hydrogen) atoms.